The maximum atomic E-state index is 5.96. The molecule has 4 heteroatoms. The summed E-state index contributed by atoms with van der Waals surface area (Å²) in [6, 6.07) is 7.27. The van der Waals surface area contributed by atoms with Crippen LogP contribution in [-0.2, 0) is 0 Å². The lowest BCUT2D eigenvalue weighted by atomic mass is 9.99. The fraction of sp³-hybridized carbons (Fsp3) is 0.538. The van der Waals surface area contributed by atoms with E-state index < -0.39 is 0 Å². The maximum Gasteiger partial charge on any atom is 0.0479 e. The van der Waals surface area contributed by atoms with Gasteiger partial charge in [-0.3, -0.25) is 0 Å². The fourth-order valence-corrected chi connectivity index (χ4v) is 3.27. The first-order chi connectivity index (χ1) is 8.06. The second kappa shape index (κ2) is 5.76. The van der Waals surface area contributed by atoms with Crippen molar-refractivity contribution < 1.29 is 0 Å². The van der Waals surface area contributed by atoms with Crippen LogP contribution in [0.2, 0.25) is 5.02 Å². The number of rotatable bonds is 2. The highest BCUT2D eigenvalue weighted by molar-refractivity contribution is 14.1. The predicted molar refractivity (Wildman–Crippen MR) is 82.9 cm³/mol. The third-order valence-electron chi connectivity index (χ3n) is 3.50. The van der Waals surface area contributed by atoms with Crippen molar-refractivity contribution in [3.05, 3.63) is 26.8 Å². The lowest BCUT2D eigenvalue weighted by Crippen LogP contribution is -2.42. The van der Waals surface area contributed by atoms with Gasteiger partial charge in [-0.2, -0.15) is 0 Å². The van der Waals surface area contributed by atoms with Crippen molar-refractivity contribution in [2.75, 3.05) is 18.9 Å². The molecule has 2 rings (SSSR count). The molecule has 1 fully saturated rings. The minimum atomic E-state index is 0.580. The zero-order chi connectivity index (χ0) is 12.4. The fourth-order valence-electron chi connectivity index (χ4n) is 2.25. The van der Waals surface area contributed by atoms with Gasteiger partial charge < -0.3 is 10.2 Å². The molecule has 1 saturated heterocycles. The van der Waals surface area contributed by atoms with Crippen LogP contribution in [0.25, 0.3) is 0 Å². The molecule has 0 bridgehead atoms. The van der Waals surface area contributed by atoms with Gasteiger partial charge in [0.1, 0.15) is 0 Å². The van der Waals surface area contributed by atoms with Crippen LogP contribution in [0.5, 0.6) is 0 Å². The number of hydrogen-bond acceptors (Lipinski definition) is 2. The number of piperidine rings is 1. The van der Waals surface area contributed by atoms with Crippen LogP contribution >= 0.6 is 34.2 Å². The molecular formula is C13H18ClIN2. The summed E-state index contributed by atoms with van der Waals surface area (Å²) >= 11 is 8.30. The number of nitrogens with one attached hydrogen (secondary N) is 1. The van der Waals surface area contributed by atoms with Crippen LogP contribution in [0.4, 0.5) is 5.69 Å². The van der Waals surface area contributed by atoms with E-state index in [9.17, 15) is 0 Å². The monoisotopic (exact) mass is 364 g/mol. The molecule has 1 aliphatic rings. The van der Waals surface area contributed by atoms with Crippen molar-refractivity contribution in [2.45, 2.75) is 31.8 Å². The van der Waals surface area contributed by atoms with Gasteiger partial charge in [-0.25, -0.2) is 0 Å². The van der Waals surface area contributed by atoms with Crippen molar-refractivity contribution in [3.63, 3.8) is 0 Å². The van der Waals surface area contributed by atoms with E-state index in [2.05, 4.69) is 52.8 Å². The number of anilines is 1. The second-order valence-electron chi connectivity index (χ2n) is 4.82. The first kappa shape index (κ1) is 13.4. The molecular weight excluding hydrogens is 347 g/mol. The SMILES string of the molecule is CC1CC(Nc2ccc(Cl)cc2I)CCN1C. The quantitative estimate of drug-likeness (QED) is 0.802. The van der Waals surface area contributed by atoms with E-state index in [1.54, 1.807) is 0 Å². The van der Waals surface area contributed by atoms with E-state index in [0.29, 0.717) is 12.1 Å². The van der Waals surface area contributed by atoms with Crippen molar-refractivity contribution >= 4 is 39.9 Å². The predicted octanol–water partition coefficient (Wildman–Crippen LogP) is 3.84. The molecule has 1 aromatic carbocycles. The Bertz CT molecular complexity index is 397. The zero-order valence-electron chi connectivity index (χ0n) is 10.2. The van der Waals surface area contributed by atoms with Gasteiger partial charge in [0, 0.05) is 32.9 Å². The first-order valence-electron chi connectivity index (χ1n) is 5.98. The van der Waals surface area contributed by atoms with Gasteiger partial charge in [-0.15, -0.1) is 0 Å². The van der Waals surface area contributed by atoms with Gasteiger partial charge in [0.25, 0.3) is 0 Å². The van der Waals surface area contributed by atoms with Crippen molar-refractivity contribution in [2.24, 2.45) is 0 Å². The van der Waals surface area contributed by atoms with Crippen LogP contribution < -0.4 is 5.32 Å². The standard InChI is InChI=1S/C13H18ClIN2/c1-9-7-11(5-6-17(9)2)16-13-4-3-10(14)8-12(13)15/h3-4,8-9,11,16H,5-7H2,1-2H3. The molecule has 0 aliphatic carbocycles. The van der Waals surface area contributed by atoms with E-state index in [1.165, 1.54) is 28.6 Å². The molecule has 0 aromatic heterocycles. The second-order valence-corrected chi connectivity index (χ2v) is 6.42. The molecule has 2 nitrogen and oxygen atoms in total. The van der Waals surface area contributed by atoms with Crippen LogP contribution in [0.3, 0.4) is 0 Å². The van der Waals surface area contributed by atoms with E-state index in [1.807, 2.05) is 12.1 Å². The number of hydrogen-bond donors (Lipinski definition) is 1. The molecule has 94 valence electrons. The van der Waals surface area contributed by atoms with Crippen LogP contribution in [-0.4, -0.2) is 30.6 Å². The lowest BCUT2D eigenvalue weighted by molar-refractivity contribution is 0.190. The summed E-state index contributed by atoms with van der Waals surface area (Å²) in [5, 5.41) is 4.44. The molecule has 1 heterocycles. The summed E-state index contributed by atoms with van der Waals surface area (Å²) in [7, 11) is 2.20. The van der Waals surface area contributed by atoms with E-state index >= 15 is 0 Å². The Morgan fingerprint density at radius 2 is 2.24 bits per heavy atom. The van der Waals surface area contributed by atoms with Crippen LogP contribution in [0.1, 0.15) is 19.8 Å². The highest BCUT2D eigenvalue weighted by atomic mass is 127. The normalized spacial score (nSPS) is 25.9. The Labute approximate surface area is 122 Å². The van der Waals surface area contributed by atoms with Crippen molar-refractivity contribution in [1.29, 1.82) is 0 Å². The highest BCUT2D eigenvalue weighted by Gasteiger charge is 2.22. The lowest BCUT2D eigenvalue weighted by Gasteiger charge is -2.36. The average molecular weight is 365 g/mol. The Hall–Kier alpha value is -0.0000000000000000763. The molecule has 0 saturated carbocycles. The molecule has 1 N–H and O–H groups in total. The number of halogens is 2. The Kier molecular flexibility index (Phi) is 4.55. The number of nitrogens with zero attached hydrogens (tertiary/aromatic N) is 1. The van der Waals surface area contributed by atoms with E-state index in [0.717, 1.165) is 5.02 Å². The van der Waals surface area contributed by atoms with Gasteiger partial charge in [-0.05, 0) is 67.6 Å². The highest BCUT2D eigenvalue weighted by Crippen LogP contribution is 2.25. The Morgan fingerprint density at radius 1 is 1.47 bits per heavy atom. The van der Waals surface area contributed by atoms with Crippen molar-refractivity contribution in [1.82, 2.24) is 4.90 Å². The van der Waals surface area contributed by atoms with Gasteiger partial charge in [0.15, 0.2) is 0 Å². The molecule has 17 heavy (non-hydrogen) atoms. The minimum absolute atomic E-state index is 0.580. The molecule has 1 aliphatic heterocycles. The minimum Gasteiger partial charge on any atom is -0.381 e. The van der Waals surface area contributed by atoms with Gasteiger partial charge in [0.05, 0.1) is 0 Å². The summed E-state index contributed by atoms with van der Waals surface area (Å²) in [5.74, 6) is 0. The topological polar surface area (TPSA) is 15.3 Å². The Morgan fingerprint density at radius 3 is 2.88 bits per heavy atom. The summed E-state index contributed by atoms with van der Waals surface area (Å²) in [4.78, 5) is 2.42. The summed E-state index contributed by atoms with van der Waals surface area (Å²) in [6.07, 6.45) is 2.41. The molecule has 0 amide bonds. The maximum absolute atomic E-state index is 5.96. The molecule has 2 unspecified atom stereocenters. The number of benzene rings is 1. The third kappa shape index (κ3) is 3.48. The van der Waals surface area contributed by atoms with Gasteiger partial charge in [0.2, 0.25) is 0 Å². The van der Waals surface area contributed by atoms with Crippen LogP contribution in [0, 0.1) is 3.57 Å². The summed E-state index contributed by atoms with van der Waals surface area (Å²) in [5.41, 5.74) is 1.21. The Balaban J connectivity index is 2.01. The van der Waals surface area contributed by atoms with E-state index in [-0.39, 0.29) is 0 Å². The number of likely N-dealkylation sites (tertiary alicyclic amines) is 1. The molecule has 1 aromatic rings. The van der Waals surface area contributed by atoms with E-state index in [4.69, 9.17) is 11.6 Å². The summed E-state index contributed by atoms with van der Waals surface area (Å²) < 4.78 is 1.20. The average Bonchev–Trinajstić information content (AvgIpc) is 2.27. The summed E-state index contributed by atoms with van der Waals surface area (Å²) in [6.45, 7) is 3.46. The van der Waals surface area contributed by atoms with Gasteiger partial charge in [-0.1, -0.05) is 11.6 Å². The third-order valence-corrected chi connectivity index (χ3v) is 4.63. The first-order valence-corrected chi connectivity index (χ1v) is 7.44. The molecule has 2 atom stereocenters. The van der Waals surface area contributed by atoms with Crippen LogP contribution in [0.15, 0.2) is 18.2 Å². The largest absolute Gasteiger partial charge is 0.381 e. The van der Waals surface area contributed by atoms with Crippen molar-refractivity contribution in [3.8, 4) is 0 Å². The van der Waals surface area contributed by atoms with Gasteiger partial charge >= 0.3 is 0 Å². The zero-order valence-corrected chi connectivity index (χ0v) is 13.1. The molecule has 0 radical (unpaired) electrons. The molecule has 0 spiro atoms. The smallest absolute Gasteiger partial charge is 0.0479 e.